The molecule has 0 atom stereocenters. The molecule has 0 saturated heterocycles. The number of rotatable bonds is 7. The quantitative estimate of drug-likeness (QED) is 0.731. The van der Waals surface area contributed by atoms with Gasteiger partial charge in [-0.1, -0.05) is 32.1 Å². The standard InChI is InChI=1S/C9H24O3Si2.ClH.H3N/c1-10-14(11-2,12-3)9-7-8-13(4,5)6;;/h7-9H2,1-6H3;1H;1H3. The van der Waals surface area contributed by atoms with Gasteiger partial charge in [0.05, 0.1) is 0 Å². The van der Waals surface area contributed by atoms with Crippen LogP contribution in [0.1, 0.15) is 6.42 Å². The minimum absolute atomic E-state index is 0. The smallest absolute Gasteiger partial charge is 0.377 e. The van der Waals surface area contributed by atoms with Gasteiger partial charge in [-0.25, -0.2) is 0 Å². The van der Waals surface area contributed by atoms with E-state index in [1.165, 1.54) is 6.04 Å². The zero-order chi connectivity index (χ0) is 11.2. The molecule has 0 aliphatic rings. The van der Waals surface area contributed by atoms with Gasteiger partial charge in [-0.15, -0.1) is 12.4 Å². The van der Waals surface area contributed by atoms with Gasteiger partial charge in [0.1, 0.15) is 0 Å². The average Bonchev–Trinajstić information content (AvgIpc) is 2.11. The van der Waals surface area contributed by atoms with Gasteiger partial charge >= 0.3 is 8.80 Å². The second-order valence-corrected chi connectivity index (χ2v) is 13.4. The van der Waals surface area contributed by atoms with E-state index in [0.717, 1.165) is 12.5 Å². The first-order valence-corrected chi connectivity index (χ1v) is 10.7. The minimum Gasteiger partial charge on any atom is -0.377 e. The van der Waals surface area contributed by atoms with Crippen molar-refractivity contribution in [3.8, 4) is 0 Å². The van der Waals surface area contributed by atoms with E-state index in [1.807, 2.05) is 0 Å². The fourth-order valence-corrected chi connectivity index (χ4v) is 4.70. The third-order valence-corrected chi connectivity index (χ3v) is 7.03. The largest absolute Gasteiger partial charge is 0.500 e. The van der Waals surface area contributed by atoms with Gasteiger partial charge in [0.2, 0.25) is 0 Å². The molecular formula is C9H28ClNO3Si2. The first kappa shape index (κ1) is 21.8. The third-order valence-electron chi connectivity index (χ3n) is 2.34. The van der Waals surface area contributed by atoms with Crippen molar-refractivity contribution in [2.45, 2.75) is 38.2 Å². The van der Waals surface area contributed by atoms with Crippen LogP contribution in [0.15, 0.2) is 0 Å². The Morgan fingerprint density at radius 3 is 1.44 bits per heavy atom. The number of hydrogen-bond donors (Lipinski definition) is 1. The Labute approximate surface area is 108 Å². The fourth-order valence-electron chi connectivity index (χ4n) is 1.39. The van der Waals surface area contributed by atoms with Gasteiger partial charge in [0.15, 0.2) is 0 Å². The number of hydrogen-bond acceptors (Lipinski definition) is 4. The van der Waals surface area contributed by atoms with E-state index in [1.54, 1.807) is 21.3 Å². The summed E-state index contributed by atoms with van der Waals surface area (Å²) < 4.78 is 16.1. The van der Waals surface area contributed by atoms with Crippen molar-refractivity contribution in [2.75, 3.05) is 21.3 Å². The summed E-state index contributed by atoms with van der Waals surface area (Å²) in [4.78, 5) is 0. The Morgan fingerprint density at radius 1 is 0.812 bits per heavy atom. The molecule has 7 heteroatoms. The highest BCUT2D eigenvalue weighted by Gasteiger charge is 2.37. The zero-order valence-electron chi connectivity index (χ0n) is 11.5. The van der Waals surface area contributed by atoms with E-state index in [2.05, 4.69) is 19.6 Å². The lowest BCUT2D eigenvalue weighted by Gasteiger charge is -2.25. The normalized spacial score (nSPS) is 11.6. The van der Waals surface area contributed by atoms with Gasteiger partial charge in [-0.05, 0) is 0 Å². The molecule has 0 aromatic rings. The van der Waals surface area contributed by atoms with E-state index >= 15 is 0 Å². The van der Waals surface area contributed by atoms with Crippen LogP contribution in [-0.4, -0.2) is 38.2 Å². The van der Waals surface area contributed by atoms with Gasteiger partial charge in [0.25, 0.3) is 0 Å². The molecule has 0 fully saturated rings. The van der Waals surface area contributed by atoms with Crippen LogP contribution in [0.3, 0.4) is 0 Å². The number of halogens is 1. The summed E-state index contributed by atoms with van der Waals surface area (Å²) in [5.74, 6) is 0. The highest BCUT2D eigenvalue weighted by Crippen LogP contribution is 2.20. The van der Waals surface area contributed by atoms with Crippen molar-refractivity contribution in [3.05, 3.63) is 0 Å². The van der Waals surface area contributed by atoms with Gasteiger partial charge in [0, 0.05) is 35.4 Å². The van der Waals surface area contributed by atoms with E-state index < -0.39 is 16.9 Å². The summed E-state index contributed by atoms with van der Waals surface area (Å²) >= 11 is 0. The van der Waals surface area contributed by atoms with Crippen LogP contribution in [0, 0.1) is 0 Å². The molecule has 16 heavy (non-hydrogen) atoms. The molecule has 0 aromatic carbocycles. The molecule has 0 rings (SSSR count). The summed E-state index contributed by atoms with van der Waals surface area (Å²) in [7, 11) is 1.79. The van der Waals surface area contributed by atoms with E-state index in [4.69, 9.17) is 13.3 Å². The predicted molar refractivity (Wildman–Crippen MR) is 76.6 cm³/mol. The van der Waals surface area contributed by atoms with Crippen molar-refractivity contribution < 1.29 is 13.3 Å². The average molecular weight is 290 g/mol. The van der Waals surface area contributed by atoms with Gasteiger partial charge in [-0.2, -0.15) is 0 Å². The molecular weight excluding hydrogens is 262 g/mol. The Balaban J connectivity index is -0.000000845. The summed E-state index contributed by atoms with van der Waals surface area (Å²) in [5, 5.41) is 0. The molecule has 0 saturated carbocycles. The topological polar surface area (TPSA) is 62.7 Å². The summed E-state index contributed by atoms with van der Waals surface area (Å²) in [6.07, 6.45) is 1.15. The second-order valence-electron chi connectivity index (χ2n) is 4.71. The van der Waals surface area contributed by atoms with Gasteiger partial charge in [-0.3, -0.25) is 0 Å². The van der Waals surface area contributed by atoms with Crippen LogP contribution in [-0.2, 0) is 13.3 Å². The van der Waals surface area contributed by atoms with Crippen LogP contribution < -0.4 is 6.15 Å². The molecule has 0 radical (unpaired) electrons. The van der Waals surface area contributed by atoms with Crippen molar-refractivity contribution in [3.63, 3.8) is 0 Å². The van der Waals surface area contributed by atoms with Crippen LogP contribution >= 0.6 is 12.4 Å². The van der Waals surface area contributed by atoms with Crippen LogP contribution in [0.4, 0.5) is 0 Å². The van der Waals surface area contributed by atoms with E-state index in [-0.39, 0.29) is 18.6 Å². The zero-order valence-corrected chi connectivity index (χ0v) is 14.3. The maximum absolute atomic E-state index is 5.36. The minimum atomic E-state index is -2.29. The monoisotopic (exact) mass is 289 g/mol. The van der Waals surface area contributed by atoms with E-state index in [9.17, 15) is 0 Å². The lowest BCUT2D eigenvalue weighted by atomic mass is 10.6. The molecule has 0 aromatic heterocycles. The highest BCUT2D eigenvalue weighted by molar-refractivity contribution is 6.76. The second kappa shape index (κ2) is 9.58. The lowest BCUT2D eigenvalue weighted by molar-refractivity contribution is 0.123. The summed E-state index contributed by atoms with van der Waals surface area (Å²) in [6, 6.07) is 2.23. The maximum Gasteiger partial charge on any atom is 0.500 e. The Hall–Kier alpha value is 0.564. The van der Waals surface area contributed by atoms with Crippen LogP contribution in [0.2, 0.25) is 31.7 Å². The molecule has 0 bridgehead atoms. The Morgan fingerprint density at radius 2 is 1.19 bits per heavy atom. The molecule has 0 aliphatic heterocycles. The van der Waals surface area contributed by atoms with Crippen molar-refractivity contribution >= 4 is 29.3 Å². The molecule has 0 spiro atoms. The molecule has 0 aliphatic carbocycles. The summed E-state index contributed by atoms with van der Waals surface area (Å²) in [5.41, 5.74) is 0. The van der Waals surface area contributed by atoms with Crippen molar-refractivity contribution in [1.29, 1.82) is 0 Å². The maximum atomic E-state index is 5.36. The molecule has 0 heterocycles. The van der Waals surface area contributed by atoms with Gasteiger partial charge < -0.3 is 19.4 Å². The molecule has 0 unspecified atom stereocenters. The lowest BCUT2D eigenvalue weighted by Crippen LogP contribution is -2.42. The predicted octanol–water partition coefficient (Wildman–Crippen LogP) is 3.18. The molecule has 3 N–H and O–H groups in total. The van der Waals surface area contributed by atoms with E-state index in [0.29, 0.717) is 0 Å². The first-order valence-electron chi connectivity index (χ1n) is 5.04. The molecule has 102 valence electrons. The Kier molecular flexibility index (Phi) is 13.1. The highest BCUT2D eigenvalue weighted by atomic mass is 35.5. The first-order chi connectivity index (χ1) is 6.39. The third kappa shape index (κ3) is 8.69. The Bertz CT molecular complexity index is 155. The summed E-state index contributed by atoms with van der Waals surface area (Å²) in [6.45, 7) is 7.13. The van der Waals surface area contributed by atoms with Crippen LogP contribution in [0.5, 0.6) is 0 Å². The van der Waals surface area contributed by atoms with Crippen molar-refractivity contribution in [1.82, 2.24) is 6.15 Å². The van der Waals surface area contributed by atoms with Crippen LogP contribution in [0.25, 0.3) is 0 Å². The van der Waals surface area contributed by atoms with Crippen molar-refractivity contribution in [2.24, 2.45) is 0 Å². The fraction of sp³-hybridized carbons (Fsp3) is 1.00. The molecule has 4 nitrogen and oxygen atoms in total. The molecule has 0 amide bonds. The SMILES string of the molecule is CO[Si](CCC[Si](C)(C)C)(OC)OC.Cl.N.